The Hall–Kier alpha value is -7.82. The van der Waals surface area contributed by atoms with Gasteiger partial charge in [-0.15, -0.1) is 0 Å². The maximum absolute atomic E-state index is 14.0. The van der Waals surface area contributed by atoms with E-state index in [1.165, 1.54) is 13.8 Å². The molecule has 0 aliphatic carbocycles. The minimum atomic E-state index is -1.31. The van der Waals surface area contributed by atoms with E-state index in [1.807, 2.05) is 0 Å². The van der Waals surface area contributed by atoms with Gasteiger partial charge in [0.05, 0.1) is 12.6 Å². The number of carboxylic acid groups (broad SMARTS) is 1. The highest BCUT2D eigenvalue weighted by Gasteiger charge is 2.32. The molecule has 0 aliphatic rings. The largest absolute Gasteiger partial charge is 0.480 e. The summed E-state index contributed by atoms with van der Waals surface area (Å²) in [5, 5.41) is 30.1. The lowest BCUT2D eigenvalue weighted by atomic mass is 10.0. The number of benzene rings is 1. The van der Waals surface area contributed by atoms with E-state index in [0.29, 0.717) is 24.8 Å². The van der Waals surface area contributed by atoms with Crippen LogP contribution in [0.25, 0.3) is 0 Å². The third-order valence-electron chi connectivity index (χ3n) is 11.2. The molecule has 1 aromatic carbocycles. The van der Waals surface area contributed by atoms with E-state index in [2.05, 4.69) is 57.5 Å². The second kappa shape index (κ2) is 36.2. The number of nitrogens with zero attached hydrogens (tertiary/aromatic N) is 3. The average molecular weight is 1070 g/mol. The first-order valence-corrected chi connectivity index (χ1v) is 25.1. The minimum absolute atomic E-state index is 0.00172. The van der Waals surface area contributed by atoms with E-state index in [9.17, 15) is 48.3 Å². The van der Waals surface area contributed by atoms with Gasteiger partial charge in [-0.05, 0) is 96.1 Å². The van der Waals surface area contributed by atoms with Gasteiger partial charge in [0.2, 0.25) is 47.3 Å². The fourth-order valence-corrected chi connectivity index (χ4v) is 7.15. The summed E-state index contributed by atoms with van der Waals surface area (Å²) in [4.78, 5) is 131. The van der Waals surface area contributed by atoms with Gasteiger partial charge >= 0.3 is 5.97 Å². The standard InChI is InChI=1S/C47H83N19O10/c1-26(2)23-34(43(74)64-33(44(75)76)18-12-22-58-47(54)55)65-37(68)27(3)60-36(67)25-59-40(71)31(16-8-9-19-48)63-41(72)32(17-11-21-57-46(52)53)62-38(69)28(4)61-42(73)35(24-29-13-6-5-7-14-29)66-39(70)30(49)15-10-20-56-45(50)51/h5-7,13-14,26-28,30-35H,8-12,15-25,48-49H2,1-4H3,(H,59,71)(H,60,67)(H,61,73)(H,62,69)(H,63,72)(H,64,74)(H,65,68)(H,66,70)(H,75,76)(H4,50,51,56)(H4,52,53,57)(H4,54,55,58)/t27-,28-,30-,31-,32-,33-,34-,35-/m0/s1. The number of rotatable bonds is 37. The van der Waals surface area contributed by atoms with Crippen LogP contribution in [-0.4, -0.2) is 157 Å². The lowest BCUT2D eigenvalue weighted by molar-refractivity contribution is -0.142. The first-order valence-electron chi connectivity index (χ1n) is 25.1. The summed E-state index contributed by atoms with van der Waals surface area (Å²) in [6.07, 6.45) is 2.02. The molecular weight excluding hydrogens is 991 g/mol. The maximum atomic E-state index is 14.0. The number of unbranched alkanes of at least 4 members (excludes halogenated alkanes) is 1. The smallest absolute Gasteiger partial charge is 0.326 e. The van der Waals surface area contributed by atoms with Gasteiger partial charge in [0.1, 0.15) is 42.3 Å². The van der Waals surface area contributed by atoms with Crippen LogP contribution in [0.2, 0.25) is 0 Å². The van der Waals surface area contributed by atoms with Gasteiger partial charge in [-0.25, -0.2) is 4.79 Å². The summed E-state index contributed by atoms with van der Waals surface area (Å²) in [6.45, 7) is 6.35. The van der Waals surface area contributed by atoms with E-state index < -0.39 is 108 Å². The van der Waals surface area contributed by atoms with E-state index in [4.69, 9.17) is 45.9 Å². The van der Waals surface area contributed by atoms with Crippen LogP contribution in [0.15, 0.2) is 45.3 Å². The van der Waals surface area contributed by atoms with Crippen LogP contribution in [0.4, 0.5) is 0 Å². The summed E-state index contributed by atoms with van der Waals surface area (Å²) in [5.74, 6) is -8.01. The van der Waals surface area contributed by atoms with Gasteiger partial charge in [-0.2, -0.15) is 0 Å². The normalized spacial score (nSPS) is 14.0. The molecule has 25 N–H and O–H groups in total. The van der Waals surface area contributed by atoms with Crippen molar-refractivity contribution < 1.29 is 48.3 Å². The molecule has 29 heteroatoms. The Bertz CT molecular complexity index is 2130. The topological polar surface area (TPSA) is 515 Å². The molecule has 0 bridgehead atoms. The third kappa shape index (κ3) is 28.6. The fourth-order valence-electron chi connectivity index (χ4n) is 7.15. The number of guanidine groups is 3. The number of aliphatic carboxylic acids is 1. The highest BCUT2D eigenvalue weighted by molar-refractivity contribution is 5.97. The zero-order valence-electron chi connectivity index (χ0n) is 44.0. The molecule has 1 rings (SSSR count). The van der Waals surface area contributed by atoms with Gasteiger partial charge in [-0.3, -0.25) is 53.3 Å². The predicted molar refractivity (Wildman–Crippen MR) is 286 cm³/mol. The second-order valence-electron chi connectivity index (χ2n) is 18.4. The molecule has 0 unspecified atom stereocenters. The first kappa shape index (κ1) is 66.2. The molecule has 0 aromatic heterocycles. The van der Waals surface area contributed by atoms with E-state index >= 15 is 0 Å². The molecule has 426 valence electrons. The molecular formula is C47H83N19O10. The van der Waals surface area contributed by atoms with Crippen LogP contribution in [0.1, 0.15) is 97.5 Å². The van der Waals surface area contributed by atoms with Crippen molar-refractivity contribution in [3.05, 3.63) is 35.9 Å². The van der Waals surface area contributed by atoms with Crippen LogP contribution in [0, 0.1) is 5.92 Å². The zero-order valence-corrected chi connectivity index (χ0v) is 44.0. The van der Waals surface area contributed by atoms with Crippen molar-refractivity contribution in [2.24, 2.45) is 66.8 Å². The summed E-state index contributed by atoms with van der Waals surface area (Å²) in [6, 6.07) is -0.928. The van der Waals surface area contributed by atoms with Crippen LogP contribution in [0.3, 0.4) is 0 Å². The summed E-state index contributed by atoms with van der Waals surface area (Å²) < 4.78 is 0. The lowest BCUT2D eigenvalue weighted by Gasteiger charge is -2.26. The SMILES string of the molecule is CC(C)C[C@H](NC(=O)[C@H](C)NC(=O)CNC(=O)[C@H](CCCCN)NC(=O)[C@H](CCCN=C(N)N)NC(=O)[C@H](C)NC(=O)[C@H](Cc1ccccc1)NC(=O)[C@@H](N)CCCN=C(N)N)C(=O)N[C@@H](CCCN=C(N)N)C(=O)O. The van der Waals surface area contributed by atoms with Crippen molar-refractivity contribution in [3.63, 3.8) is 0 Å². The molecule has 0 fully saturated rings. The molecule has 0 saturated heterocycles. The Labute approximate surface area is 442 Å². The number of aliphatic imine (C=N–C) groups is 3. The van der Waals surface area contributed by atoms with E-state index in [0.717, 1.165) is 0 Å². The van der Waals surface area contributed by atoms with Gasteiger partial charge in [0.15, 0.2) is 17.9 Å². The number of carbonyl (C=O) groups excluding carboxylic acids is 8. The van der Waals surface area contributed by atoms with Gasteiger partial charge in [0, 0.05) is 26.1 Å². The lowest BCUT2D eigenvalue weighted by Crippen LogP contribution is -2.58. The van der Waals surface area contributed by atoms with Crippen LogP contribution in [-0.2, 0) is 49.6 Å². The van der Waals surface area contributed by atoms with Crippen molar-refractivity contribution in [3.8, 4) is 0 Å². The fraction of sp³-hybridized carbons (Fsp3) is 0.617. The van der Waals surface area contributed by atoms with Crippen LogP contribution >= 0.6 is 0 Å². The maximum Gasteiger partial charge on any atom is 0.326 e. The Kier molecular flexibility index (Phi) is 31.5. The molecule has 0 aliphatic heterocycles. The van der Waals surface area contributed by atoms with Crippen molar-refractivity contribution in [2.75, 3.05) is 32.7 Å². The molecule has 0 spiro atoms. The number of nitrogens with one attached hydrogen (secondary N) is 8. The van der Waals surface area contributed by atoms with Gasteiger partial charge < -0.3 is 93.5 Å². The van der Waals surface area contributed by atoms with Crippen LogP contribution in [0.5, 0.6) is 0 Å². The van der Waals surface area contributed by atoms with E-state index in [1.54, 1.807) is 44.2 Å². The monoisotopic (exact) mass is 1070 g/mol. The van der Waals surface area contributed by atoms with Crippen molar-refractivity contribution in [1.29, 1.82) is 0 Å². The number of carbonyl (C=O) groups is 9. The number of hydrogen-bond acceptors (Lipinski definition) is 14. The predicted octanol–water partition coefficient (Wildman–Crippen LogP) is -5.47. The molecule has 0 saturated carbocycles. The molecule has 76 heavy (non-hydrogen) atoms. The highest BCUT2D eigenvalue weighted by atomic mass is 16.4. The Balaban J connectivity index is 3.16. The molecule has 29 nitrogen and oxygen atoms in total. The second-order valence-corrected chi connectivity index (χ2v) is 18.4. The highest BCUT2D eigenvalue weighted by Crippen LogP contribution is 2.10. The Morgan fingerprint density at radius 3 is 1.46 bits per heavy atom. The van der Waals surface area contributed by atoms with Gasteiger partial charge in [-0.1, -0.05) is 44.2 Å². The molecule has 0 heterocycles. The zero-order chi connectivity index (χ0) is 57.3. The van der Waals surface area contributed by atoms with Crippen LogP contribution < -0.4 is 88.4 Å². The van der Waals surface area contributed by atoms with E-state index in [-0.39, 0.29) is 101 Å². The Morgan fingerprint density at radius 1 is 0.500 bits per heavy atom. The third-order valence-corrected chi connectivity index (χ3v) is 11.2. The molecule has 1 aromatic rings. The minimum Gasteiger partial charge on any atom is -0.480 e. The van der Waals surface area contributed by atoms with Crippen molar-refractivity contribution in [2.45, 2.75) is 147 Å². The molecule has 0 radical (unpaired) electrons. The number of hydrogen-bond donors (Lipinski definition) is 17. The first-order chi connectivity index (χ1) is 35.8. The Morgan fingerprint density at radius 2 is 0.934 bits per heavy atom. The summed E-state index contributed by atoms with van der Waals surface area (Å²) in [7, 11) is 0. The quantitative estimate of drug-likeness (QED) is 0.0168. The number of nitrogens with two attached hydrogens (primary N) is 8. The van der Waals surface area contributed by atoms with Crippen molar-refractivity contribution >= 4 is 71.1 Å². The average Bonchev–Trinajstić information content (AvgIpc) is 3.35. The van der Waals surface area contributed by atoms with Crippen molar-refractivity contribution in [1.82, 2.24) is 42.5 Å². The molecule has 8 amide bonds. The summed E-state index contributed by atoms with van der Waals surface area (Å²) in [5.41, 5.74) is 44.8. The summed E-state index contributed by atoms with van der Waals surface area (Å²) >= 11 is 0. The number of carboxylic acids is 1. The molecule has 8 atom stereocenters. The van der Waals surface area contributed by atoms with Gasteiger partial charge in [0.25, 0.3) is 0 Å². The number of amides is 8.